The van der Waals surface area contributed by atoms with Crippen LogP contribution >= 0.6 is 0 Å². The van der Waals surface area contributed by atoms with Gasteiger partial charge in [0, 0.05) is 18.7 Å². The lowest BCUT2D eigenvalue weighted by atomic mass is 10.2. The second-order valence-electron chi connectivity index (χ2n) is 8.13. The molecule has 2 aromatic heterocycles. The van der Waals surface area contributed by atoms with Gasteiger partial charge in [0.2, 0.25) is 0 Å². The van der Waals surface area contributed by atoms with Crippen LogP contribution in [0.4, 0.5) is 5.82 Å². The Labute approximate surface area is 201 Å². The Hall–Kier alpha value is -4.18. The van der Waals surface area contributed by atoms with Gasteiger partial charge < -0.3 is 25.3 Å². The van der Waals surface area contributed by atoms with Crippen molar-refractivity contribution >= 4 is 40.1 Å². The quantitative estimate of drug-likeness (QED) is 0.394. The molecule has 0 spiro atoms. The van der Waals surface area contributed by atoms with E-state index in [-0.39, 0.29) is 23.4 Å². The lowest BCUT2D eigenvalue weighted by molar-refractivity contribution is 0.0859. The maximum absolute atomic E-state index is 13.2. The molecule has 0 bridgehead atoms. The van der Waals surface area contributed by atoms with Crippen molar-refractivity contribution < 1.29 is 19.0 Å². The van der Waals surface area contributed by atoms with Gasteiger partial charge in [-0.15, -0.1) is 0 Å². The van der Waals surface area contributed by atoms with Crippen LogP contribution in [0, 0.1) is 0 Å². The number of aromatic nitrogens is 3. The Bertz CT molecular complexity index is 1420. The average Bonchev–Trinajstić information content (AvgIpc) is 3.50. The van der Waals surface area contributed by atoms with Gasteiger partial charge in [0.05, 0.1) is 37.6 Å². The van der Waals surface area contributed by atoms with Crippen molar-refractivity contribution in [1.29, 1.82) is 0 Å². The minimum atomic E-state index is -0.347. The summed E-state index contributed by atoms with van der Waals surface area (Å²) in [7, 11) is 3.13. The molecular formula is C25H26N6O4. The number of anilines is 1. The van der Waals surface area contributed by atoms with Gasteiger partial charge in [0.1, 0.15) is 16.9 Å². The summed E-state index contributed by atoms with van der Waals surface area (Å²) < 4.78 is 17.9. The number of carbonyl (C=O) groups excluding carboxylic acids is 1. The van der Waals surface area contributed by atoms with E-state index in [0.29, 0.717) is 52.4 Å². The molecular weight excluding hydrogens is 448 g/mol. The van der Waals surface area contributed by atoms with Gasteiger partial charge in [-0.2, -0.15) is 9.78 Å². The summed E-state index contributed by atoms with van der Waals surface area (Å²) >= 11 is 0. The van der Waals surface area contributed by atoms with Crippen molar-refractivity contribution in [3.8, 4) is 11.5 Å². The fourth-order valence-corrected chi connectivity index (χ4v) is 4.22. The Morgan fingerprint density at radius 1 is 1.20 bits per heavy atom. The third-order valence-corrected chi connectivity index (χ3v) is 5.96. The summed E-state index contributed by atoms with van der Waals surface area (Å²) in [6.07, 6.45) is 3.48. The maximum Gasteiger partial charge on any atom is 0.257 e. The van der Waals surface area contributed by atoms with Crippen LogP contribution in [0.2, 0.25) is 0 Å². The summed E-state index contributed by atoms with van der Waals surface area (Å²) in [4.78, 5) is 22.6. The van der Waals surface area contributed by atoms with Gasteiger partial charge in [0.25, 0.3) is 5.91 Å². The number of rotatable bonds is 7. The molecule has 35 heavy (non-hydrogen) atoms. The Kier molecular flexibility index (Phi) is 6.19. The standard InChI is InChI=1S/C25H26N6O4/c1-33-19-11-5-7-15(22(19)34-2)13-28-31-23(26)20(25(32)27-14-16-8-6-12-35-16)21-24(31)30-18-10-4-3-9-17(18)29-21/h3-5,7,9-11,13,16H,6,8,12,14,26H2,1-2H3,(H,27,32)/b28-13-/t16-/m0/s1. The van der Waals surface area contributed by atoms with Crippen LogP contribution in [-0.2, 0) is 4.74 Å². The van der Waals surface area contributed by atoms with Crippen molar-refractivity contribution in [1.82, 2.24) is 20.0 Å². The Balaban J connectivity index is 1.60. The van der Waals surface area contributed by atoms with Gasteiger partial charge in [0.15, 0.2) is 17.1 Å². The molecule has 0 saturated carbocycles. The molecule has 1 fully saturated rings. The number of benzene rings is 2. The summed E-state index contributed by atoms with van der Waals surface area (Å²) in [5, 5.41) is 7.49. The van der Waals surface area contributed by atoms with Crippen LogP contribution < -0.4 is 20.5 Å². The third-order valence-electron chi connectivity index (χ3n) is 5.96. The fourth-order valence-electron chi connectivity index (χ4n) is 4.22. The first kappa shape index (κ1) is 22.6. The highest BCUT2D eigenvalue weighted by atomic mass is 16.5. The van der Waals surface area contributed by atoms with Crippen LogP contribution in [-0.4, -0.2) is 60.2 Å². The number of hydrogen-bond donors (Lipinski definition) is 2. The molecule has 10 heteroatoms. The van der Waals surface area contributed by atoms with Gasteiger partial charge in [-0.3, -0.25) is 4.79 Å². The molecule has 1 atom stereocenters. The summed E-state index contributed by atoms with van der Waals surface area (Å²) in [6.45, 7) is 1.11. The number of carbonyl (C=O) groups is 1. The van der Waals surface area contributed by atoms with Gasteiger partial charge in [-0.1, -0.05) is 18.2 Å². The zero-order chi connectivity index (χ0) is 24.4. The number of fused-ring (bicyclic) bond motifs is 2. The van der Waals surface area contributed by atoms with Crippen molar-refractivity contribution in [2.24, 2.45) is 5.10 Å². The average molecular weight is 475 g/mol. The first-order valence-electron chi connectivity index (χ1n) is 11.3. The number of para-hydroxylation sites is 3. The number of nitrogens with two attached hydrogens (primary N) is 1. The Morgan fingerprint density at radius 3 is 2.71 bits per heavy atom. The molecule has 10 nitrogen and oxygen atoms in total. The van der Waals surface area contributed by atoms with Crippen molar-refractivity contribution in [3.05, 3.63) is 53.6 Å². The van der Waals surface area contributed by atoms with Gasteiger partial charge >= 0.3 is 0 Å². The number of amides is 1. The zero-order valence-electron chi connectivity index (χ0n) is 19.5. The largest absolute Gasteiger partial charge is 0.493 e. The van der Waals surface area contributed by atoms with Crippen LogP contribution in [0.5, 0.6) is 11.5 Å². The summed E-state index contributed by atoms with van der Waals surface area (Å²) in [6, 6.07) is 12.9. The topological polar surface area (TPSA) is 126 Å². The predicted molar refractivity (Wildman–Crippen MR) is 133 cm³/mol. The minimum absolute atomic E-state index is 0.000939. The van der Waals surface area contributed by atoms with E-state index in [4.69, 9.17) is 29.9 Å². The van der Waals surface area contributed by atoms with Crippen LogP contribution in [0.3, 0.4) is 0 Å². The van der Waals surface area contributed by atoms with Crippen LogP contribution in [0.15, 0.2) is 47.6 Å². The second-order valence-corrected chi connectivity index (χ2v) is 8.13. The predicted octanol–water partition coefficient (Wildman–Crippen LogP) is 2.97. The van der Waals surface area contributed by atoms with E-state index >= 15 is 0 Å². The molecule has 1 aliphatic rings. The molecule has 0 radical (unpaired) electrons. The fraction of sp³-hybridized carbons (Fsp3) is 0.280. The molecule has 2 aromatic carbocycles. The maximum atomic E-state index is 13.2. The highest BCUT2D eigenvalue weighted by molar-refractivity contribution is 6.10. The molecule has 1 saturated heterocycles. The van der Waals surface area contributed by atoms with Gasteiger partial charge in [-0.25, -0.2) is 9.97 Å². The first-order chi connectivity index (χ1) is 17.1. The molecule has 1 amide bonds. The lowest BCUT2D eigenvalue weighted by Crippen LogP contribution is -2.32. The Morgan fingerprint density at radius 2 is 2.00 bits per heavy atom. The molecule has 0 aliphatic carbocycles. The normalized spacial score (nSPS) is 15.8. The number of nitrogens with one attached hydrogen (secondary N) is 1. The van der Waals surface area contributed by atoms with Crippen LogP contribution in [0.25, 0.3) is 22.2 Å². The van der Waals surface area contributed by atoms with E-state index < -0.39 is 0 Å². The highest BCUT2D eigenvalue weighted by Gasteiger charge is 2.25. The zero-order valence-corrected chi connectivity index (χ0v) is 19.5. The smallest absolute Gasteiger partial charge is 0.257 e. The molecule has 180 valence electrons. The SMILES string of the molecule is COc1cccc(/C=N\n2c(N)c(C(=O)NC[C@@H]3CCCO3)c3nc4ccccc4nc32)c1OC. The number of nitrogens with zero attached hydrogens (tertiary/aromatic N) is 4. The number of hydrogen-bond acceptors (Lipinski definition) is 8. The molecule has 0 unspecified atom stereocenters. The molecule has 5 rings (SSSR count). The monoisotopic (exact) mass is 474 g/mol. The van der Waals surface area contributed by atoms with Crippen molar-refractivity contribution in [2.45, 2.75) is 18.9 Å². The van der Waals surface area contributed by atoms with E-state index in [1.54, 1.807) is 26.5 Å². The second kappa shape index (κ2) is 9.59. The van der Waals surface area contributed by atoms with E-state index in [1.165, 1.54) is 4.68 Å². The van der Waals surface area contributed by atoms with E-state index in [2.05, 4.69) is 10.4 Å². The van der Waals surface area contributed by atoms with E-state index in [9.17, 15) is 4.79 Å². The van der Waals surface area contributed by atoms with Gasteiger partial charge in [-0.05, 0) is 37.1 Å². The number of methoxy groups -OCH3 is 2. The van der Waals surface area contributed by atoms with Crippen LogP contribution in [0.1, 0.15) is 28.8 Å². The van der Waals surface area contributed by atoms with E-state index in [1.807, 2.05) is 36.4 Å². The molecule has 4 aromatic rings. The van der Waals surface area contributed by atoms with Crippen molar-refractivity contribution in [3.63, 3.8) is 0 Å². The lowest BCUT2D eigenvalue weighted by Gasteiger charge is -2.10. The summed E-state index contributed by atoms with van der Waals surface area (Å²) in [5.41, 5.74) is 9.45. The summed E-state index contributed by atoms with van der Waals surface area (Å²) in [5.74, 6) is 0.889. The molecule has 3 heterocycles. The van der Waals surface area contributed by atoms with Crippen molar-refractivity contribution in [2.75, 3.05) is 33.1 Å². The minimum Gasteiger partial charge on any atom is -0.493 e. The number of nitrogen functional groups attached to an aromatic ring is 1. The van der Waals surface area contributed by atoms with E-state index in [0.717, 1.165) is 12.8 Å². The highest BCUT2D eigenvalue weighted by Crippen LogP contribution is 2.31. The number of ether oxygens (including phenoxy) is 3. The first-order valence-corrected chi connectivity index (χ1v) is 11.3. The molecule has 3 N–H and O–H groups in total. The third kappa shape index (κ3) is 4.24. The molecule has 1 aliphatic heterocycles.